The zero-order valence-corrected chi connectivity index (χ0v) is 8.75. The van der Waals surface area contributed by atoms with Gasteiger partial charge in [-0.1, -0.05) is 6.07 Å². The van der Waals surface area contributed by atoms with Crippen molar-refractivity contribution < 1.29 is 15.0 Å². The quantitative estimate of drug-likeness (QED) is 0.670. The molecule has 1 aromatic carbocycles. The Morgan fingerprint density at radius 2 is 2.13 bits per heavy atom. The number of carboxylic acids is 1. The van der Waals surface area contributed by atoms with Crippen molar-refractivity contribution in [1.29, 1.82) is 0 Å². The molecule has 1 aromatic rings. The molecule has 1 unspecified atom stereocenters. The van der Waals surface area contributed by atoms with Crippen LogP contribution in [0, 0.1) is 0 Å². The highest BCUT2D eigenvalue weighted by Gasteiger charge is 2.23. The topological polar surface area (TPSA) is 69.6 Å². The molecular formula is C10H12ClNO3. The highest BCUT2D eigenvalue weighted by Crippen LogP contribution is 2.21. The summed E-state index contributed by atoms with van der Waals surface area (Å²) >= 11 is 0. The molecule has 5 heteroatoms. The van der Waals surface area contributed by atoms with Gasteiger partial charge >= 0.3 is 5.97 Å². The third-order valence-corrected chi connectivity index (χ3v) is 2.45. The van der Waals surface area contributed by atoms with Gasteiger partial charge in [-0.15, -0.1) is 12.4 Å². The zero-order valence-electron chi connectivity index (χ0n) is 7.93. The van der Waals surface area contributed by atoms with Crippen molar-refractivity contribution in [3.05, 3.63) is 29.3 Å². The van der Waals surface area contributed by atoms with E-state index in [2.05, 4.69) is 5.32 Å². The van der Waals surface area contributed by atoms with Gasteiger partial charge in [0.25, 0.3) is 0 Å². The van der Waals surface area contributed by atoms with E-state index in [9.17, 15) is 9.90 Å². The molecule has 0 aliphatic carbocycles. The molecule has 82 valence electrons. The summed E-state index contributed by atoms with van der Waals surface area (Å²) in [6.07, 6.45) is 0.430. The molecule has 0 bridgehead atoms. The van der Waals surface area contributed by atoms with Crippen molar-refractivity contribution in [3.63, 3.8) is 0 Å². The maximum Gasteiger partial charge on any atom is 0.321 e. The lowest BCUT2D eigenvalue weighted by molar-refractivity contribution is -0.139. The number of hydrogen-bond donors (Lipinski definition) is 3. The second kappa shape index (κ2) is 4.51. The molecule has 15 heavy (non-hydrogen) atoms. The molecule has 1 aliphatic heterocycles. The standard InChI is InChI=1S/C10H11NO3.ClH/c12-8-2-1-6-5-11-9(10(13)14)4-7(6)3-8;/h1-3,9,11-12H,4-5H2,(H,13,14);1H. The lowest BCUT2D eigenvalue weighted by Gasteiger charge is -2.22. The summed E-state index contributed by atoms with van der Waals surface area (Å²) in [5, 5.41) is 21.0. The van der Waals surface area contributed by atoms with E-state index >= 15 is 0 Å². The Bertz CT molecular complexity index is 381. The first kappa shape index (κ1) is 11.8. The molecule has 0 saturated heterocycles. The summed E-state index contributed by atoms with van der Waals surface area (Å²) in [4.78, 5) is 10.7. The number of hydrogen-bond acceptors (Lipinski definition) is 3. The Hall–Kier alpha value is -1.26. The maximum absolute atomic E-state index is 10.7. The Morgan fingerprint density at radius 1 is 1.40 bits per heavy atom. The van der Waals surface area contributed by atoms with Gasteiger partial charge in [0.05, 0.1) is 0 Å². The summed E-state index contributed by atoms with van der Waals surface area (Å²) in [5.74, 6) is -0.659. The molecule has 0 aromatic heterocycles. The minimum absolute atomic E-state index is 0. The van der Waals surface area contributed by atoms with Gasteiger partial charge in [-0.2, -0.15) is 0 Å². The number of aromatic hydroxyl groups is 1. The van der Waals surface area contributed by atoms with E-state index in [0.717, 1.165) is 11.1 Å². The first-order valence-electron chi connectivity index (χ1n) is 4.44. The average molecular weight is 230 g/mol. The van der Waals surface area contributed by atoms with Crippen LogP contribution in [0.25, 0.3) is 0 Å². The summed E-state index contributed by atoms with van der Waals surface area (Å²) in [6.45, 7) is 0.548. The molecule has 4 nitrogen and oxygen atoms in total. The number of aliphatic carboxylic acids is 1. The van der Waals surface area contributed by atoms with Crippen molar-refractivity contribution in [2.75, 3.05) is 0 Å². The minimum Gasteiger partial charge on any atom is -0.508 e. The second-order valence-corrected chi connectivity index (χ2v) is 3.43. The molecule has 1 aliphatic rings. The van der Waals surface area contributed by atoms with Gasteiger partial charge in [-0.25, -0.2) is 0 Å². The van der Waals surface area contributed by atoms with Crippen molar-refractivity contribution >= 4 is 18.4 Å². The molecule has 0 saturated carbocycles. The van der Waals surface area contributed by atoms with Crippen LogP contribution in [0.2, 0.25) is 0 Å². The van der Waals surface area contributed by atoms with Crippen molar-refractivity contribution in [3.8, 4) is 5.75 Å². The van der Waals surface area contributed by atoms with Gasteiger partial charge in [-0.05, 0) is 29.7 Å². The number of carboxylic acid groups (broad SMARTS) is 1. The van der Waals surface area contributed by atoms with E-state index in [1.165, 1.54) is 0 Å². The molecule has 3 N–H and O–H groups in total. The van der Waals surface area contributed by atoms with Crippen molar-refractivity contribution in [1.82, 2.24) is 5.32 Å². The van der Waals surface area contributed by atoms with Crippen LogP contribution in [0.5, 0.6) is 5.75 Å². The first-order chi connectivity index (χ1) is 6.66. The SMILES string of the molecule is Cl.O=C(O)C1Cc2cc(O)ccc2CN1. The average Bonchev–Trinajstić information content (AvgIpc) is 2.16. The monoisotopic (exact) mass is 229 g/mol. The van der Waals surface area contributed by atoms with E-state index in [1.807, 2.05) is 6.07 Å². The summed E-state index contributed by atoms with van der Waals surface area (Å²) in [5.41, 5.74) is 1.97. The normalized spacial score (nSPS) is 18.8. The van der Waals surface area contributed by atoms with Gasteiger partial charge in [0.1, 0.15) is 11.8 Å². The number of phenols is 1. The van der Waals surface area contributed by atoms with E-state index in [-0.39, 0.29) is 18.2 Å². The summed E-state index contributed by atoms with van der Waals surface area (Å²) in [7, 11) is 0. The Labute approximate surface area is 93.3 Å². The minimum atomic E-state index is -0.848. The molecule has 0 amide bonds. The van der Waals surface area contributed by atoms with E-state index in [4.69, 9.17) is 5.11 Å². The molecule has 0 spiro atoms. The third-order valence-electron chi connectivity index (χ3n) is 2.45. The predicted octanol–water partition coefficient (Wildman–Crippen LogP) is 0.913. The first-order valence-corrected chi connectivity index (χ1v) is 4.44. The van der Waals surface area contributed by atoms with Crippen LogP contribution in [-0.4, -0.2) is 22.2 Å². The number of rotatable bonds is 1. The predicted molar refractivity (Wildman–Crippen MR) is 57.3 cm³/mol. The molecular weight excluding hydrogens is 218 g/mol. The zero-order chi connectivity index (χ0) is 10.1. The number of nitrogens with one attached hydrogen (secondary N) is 1. The van der Waals surface area contributed by atoms with Crippen LogP contribution >= 0.6 is 12.4 Å². The van der Waals surface area contributed by atoms with E-state index in [0.29, 0.717) is 13.0 Å². The van der Waals surface area contributed by atoms with Crippen molar-refractivity contribution in [2.45, 2.75) is 19.0 Å². The fraction of sp³-hybridized carbons (Fsp3) is 0.300. The molecule has 0 radical (unpaired) electrons. The highest BCUT2D eigenvalue weighted by atomic mass is 35.5. The molecule has 0 fully saturated rings. The van der Waals surface area contributed by atoms with Crippen LogP contribution in [-0.2, 0) is 17.8 Å². The number of phenolic OH excluding ortho intramolecular Hbond substituents is 1. The van der Waals surface area contributed by atoms with E-state index < -0.39 is 12.0 Å². The van der Waals surface area contributed by atoms with Gasteiger partial charge < -0.3 is 15.5 Å². The third kappa shape index (κ3) is 2.40. The van der Waals surface area contributed by atoms with Crippen molar-refractivity contribution in [2.24, 2.45) is 0 Å². The van der Waals surface area contributed by atoms with Gasteiger partial charge in [0, 0.05) is 6.54 Å². The van der Waals surface area contributed by atoms with Crippen LogP contribution in [0.4, 0.5) is 0 Å². The van der Waals surface area contributed by atoms with E-state index in [1.54, 1.807) is 12.1 Å². The molecule has 1 atom stereocenters. The molecule has 2 rings (SSSR count). The van der Waals surface area contributed by atoms with Crippen LogP contribution in [0.1, 0.15) is 11.1 Å². The Morgan fingerprint density at radius 3 is 2.80 bits per heavy atom. The largest absolute Gasteiger partial charge is 0.508 e. The number of benzene rings is 1. The lowest BCUT2D eigenvalue weighted by Crippen LogP contribution is -2.41. The van der Waals surface area contributed by atoms with Gasteiger partial charge in [-0.3, -0.25) is 4.79 Å². The second-order valence-electron chi connectivity index (χ2n) is 3.43. The van der Waals surface area contributed by atoms with Crippen LogP contribution in [0.15, 0.2) is 18.2 Å². The number of carbonyl (C=O) groups is 1. The summed E-state index contributed by atoms with van der Waals surface area (Å²) < 4.78 is 0. The highest BCUT2D eigenvalue weighted by molar-refractivity contribution is 5.85. The molecule has 1 heterocycles. The summed E-state index contributed by atoms with van der Waals surface area (Å²) in [6, 6.07) is 4.52. The number of halogens is 1. The van der Waals surface area contributed by atoms with Crippen LogP contribution in [0.3, 0.4) is 0 Å². The Balaban J connectivity index is 0.00000112. The fourth-order valence-electron chi connectivity index (χ4n) is 1.67. The van der Waals surface area contributed by atoms with Gasteiger partial charge in [0.15, 0.2) is 0 Å². The van der Waals surface area contributed by atoms with Crippen LogP contribution < -0.4 is 5.32 Å². The fourth-order valence-corrected chi connectivity index (χ4v) is 1.67. The lowest BCUT2D eigenvalue weighted by atomic mass is 9.96. The Kier molecular flexibility index (Phi) is 3.55. The maximum atomic E-state index is 10.7. The number of fused-ring (bicyclic) bond motifs is 1. The van der Waals surface area contributed by atoms with Gasteiger partial charge in [0.2, 0.25) is 0 Å². The smallest absolute Gasteiger partial charge is 0.321 e.